The van der Waals surface area contributed by atoms with Gasteiger partial charge in [0.05, 0.1) is 23.6 Å². The van der Waals surface area contributed by atoms with Gasteiger partial charge in [-0.3, -0.25) is 14.9 Å². The third-order valence-electron chi connectivity index (χ3n) is 4.94. The summed E-state index contributed by atoms with van der Waals surface area (Å²) in [5, 5.41) is 21.5. The number of aliphatic imine (C=N–C) groups is 1. The first-order chi connectivity index (χ1) is 14.0. The minimum absolute atomic E-state index is 0.0749. The first-order valence-corrected chi connectivity index (χ1v) is 9.17. The zero-order valence-electron chi connectivity index (χ0n) is 16.7. The van der Waals surface area contributed by atoms with Gasteiger partial charge < -0.3 is 9.84 Å². The lowest BCUT2D eigenvalue weighted by Crippen LogP contribution is -2.43. The van der Waals surface area contributed by atoms with Crippen LogP contribution in [0.4, 0.5) is 18.9 Å². The highest BCUT2D eigenvalue weighted by Gasteiger charge is 2.37. The standard InChI is InChI=1S/C20H22F3N3O4/c1-19(2,11-30-3)15-10-16(26(15)29)24-18(28)14-8-9-17(27)25(14)13-6-4-12(5-7-13)20(21,22)23/h4-7,10,28-29H,8-9,11H2,1-3H3/b18-14+,24-16?. The van der Waals surface area contributed by atoms with Crippen molar-refractivity contribution in [3.8, 4) is 0 Å². The number of alkyl halides is 3. The van der Waals surface area contributed by atoms with Crippen LogP contribution in [0.15, 0.2) is 52.6 Å². The number of amides is 1. The minimum Gasteiger partial charge on any atom is -0.492 e. The lowest BCUT2D eigenvalue weighted by atomic mass is 9.86. The summed E-state index contributed by atoms with van der Waals surface area (Å²) in [5.41, 5.74) is -0.434. The molecule has 2 N–H and O–H groups in total. The lowest BCUT2D eigenvalue weighted by Gasteiger charge is -2.38. The molecule has 1 saturated heterocycles. The monoisotopic (exact) mass is 425 g/mol. The van der Waals surface area contributed by atoms with Gasteiger partial charge in [0.2, 0.25) is 11.8 Å². The van der Waals surface area contributed by atoms with Gasteiger partial charge in [0.25, 0.3) is 0 Å². The number of anilines is 1. The van der Waals surface area contributed by atoms with Gasteiger partial charge in [-0.1, -0.05) is 13.8 Å². The number of ether oxygens (including phenoxy) is 1. The van der Waals surface area contributed by atoms with E-state index in [0.29, 0.717) is 12.3 Å². The van der Waals surface area contributed by atoms with Crippen LogP contribution in [0.25, 0.3) is 0 Å². The first-order valence-electron chi connectivity index (χ1n) is 9.17. The largest absolute Gasteiger partial charge is 0.492 e. The molecule has 10 heteroatoms. The van der Waals surface area contributed by atoms with Crippen molar-refractivity contribution in [3.63, 3.8) is 0 Å². The maximum Gasteiger partial charge on any atom is 0.416 e. The second-order valence-corrected chi connectivity index (χ2v) is 7.67. The molecule has 2 heterocycles. The highest BCUT2D eigenvalue weighted by molar-refractivity contribution is 6.02. The number of rotatable bonds is 5. The summed E-state index contributed by atoms with van der Waals surface area (Å²) < 4.78 is 43.5. The van der Waals surface area contributed by atoms with Crippen LogP contribution in [-0.2, 0) is 15.7 Å². The molecular formula is C20H22F3N3O4. The van der Waals surface area contributed by atoms with Crippen molar-refractivity contribution >= 4 is 17.4 Å². The van der Waals surface area contributed by atoms with Crippen LogP contribution in [0.2, 0.25) is 0 Å². The number of nitrogens with zero attached hydrogens (tertiary/aromatic N) is 3. The SMILES string of the molecule is COCC(C)(C)C1=CC(=N/C(O)=C2/CCC(=O)N2c2ccc(C(F)(F)F)cc2)N1O. The molecule has 1 aromatic rings. The summed E-state index contributed by atoms with van der Waals surface area (Å²) in [7, 11) is 1.54. The van der Waals surface area contributed by atoms with Gasteiger partial charge in [0.1, 0.15) is 0 Å². The molecule has 0 unspecified atom stereocenters. The molecule has 162 valence electrons. The number of aliphatic hydroxyl groups is 1. The Morgan fingerprint density at radius 2 is 1.83 bits per heavy atom. The third kappa shape index (κ3) is 4.05. The van der Waals surface area contributed by atoms with Crippen molar-refractivity contribution in [2.45, 2.75) is 32.9 Å². The van der Waals surface area contributed by atoms with Crippen molar-refractivity contribution in [2.75, 3.05) is 18.6 Å². The zero-order valence-corrected chi connectivity index (χ0v) is 16.7. The molecule has 1 amide bonds. The van der Waals surface area contributed by atoms with Crippen LogP contribution >= 0.6 is 0 Å². The molecule has 0 bridgehead atoms. The summed E-state index contributed by atoms with van der Waals surface area (Å²) in [6, 6.07) is 4.07. The van der Waals surface area contributed by atoms with E-state index in [-0.39, 0.29) is 36.0 Å². The Morgan fingerprint density at radius 3 is 2.37 bits per heavy atom. The summed E-state index contributed by atoms with van der Waals surface area (Å²) in [5.74, 6) is -0.788. The fraction of sp³-hybridized carbons (Fsp3) is 0.400. The maximum atomic E-state index is 12.8. The predicted molar refractivity (Wildman–Crippen MR) is 103 cm³/mol. The molecule has 0 atom stereocenters. The van der Waals surface area contributed by atoms with E-state index in [1.807, 2.05) is 13.8 Å². The molecule has 0 spiro atoms. The zero-order chi connectivity index (χ0) is 22.3. The first kappa shape index (κ1) is 21.8. The molecule has 3 rings (SSSR count). The molecule has 1 aromatic carbocycles. The van der Waals surface area contributed by atoms with Crippen molar-refractivity contribution in [2.24, 2.45) is 10.4 Å². The molecule has 0 saturated carbocycles. The smallest absolute Gasteiger partial charge is 0.416 e. The van der Waals surface area contributed by atoms with Gasteiger partial charge in [0.15, 0.2) is 5.84 Å². The van der Waals surface area contributed by atoms with E-state index in [1.165, 1.54) is 12.1 Å². The summed E-state index contributed by atoms with van der Waals surface area (Å²) in [6.07, 6.45) is -2.67. The molecule has 0 aliphatic carbocycles. The van der Waals surface area contributed by atoms with Crippen LogP contribution in [0, 0.1) is 5.41 Å². The molecule has 0 radical (unpaired) electrons. The van der Waals surface area contributed by atoms with Crippen molar-refractivity contribution in [3.05, 3.63) is 53.2 Å². The molecule has 30 heavy (non-hydrogen) atoms. The van der Waals surface area contributed by atoms with Gasteiger partial charge in [-0.15, -0.1) is 0 Å². The average Bonchev–Trinajstić information content (AvgIpc) is 3.05. The molecule has 0 aromatic heterocycles. The average molecular weight is 425 g/mol. The predicted octanol–water partition coefficient (Wildman–Crippen LogP) is 4.22. The van der Waals surface area contributed by atoms with Crippen LogP contribution in [0.3, 0.4) is 0 Å². The third-order valence-corrected chi connectivity index (χ3v) is 4.94. The molecule has 1 fully saturated rings. The highest BCUT2D eigenvalue weighted by atomic mass is 19.4. The second-order valence-electron chi connectivity index (χ2n) is 7.67. The molecule has 2 aliphatic rings. The number of hydroxylamine groups is 2. The fourth-order valence-corrected chi connectivity index (χ4v) is 3.38. The maximum absolute atomic E-state index is 12.8. The molecular weight excluding hydrogens is 403 g/mol. The van der Waals surface area contributed by atoms with Gasteiger partial charge in [0, 0.05) is 37.1 Å². The number of hydrogen-bond acceptors (Lipinski definition) is 5. The van der Waals surface area contributed by atoms with Crippen LogP contribution in [0.5, 0.6) is 0 Å². The van der Waals surface area contributed by atoms with E-state index in [4.69, 9.17) is 4.74 Å². The summed E-state index contributed by atoms with van der Waals surface area (Å²) in [4.78, 5) is 17.4. The number of methoxy groups -OCH3 is 1. The number of carbonyl (C=O) groups is 1. The Bertz CT molecular complexity index is 934. The number of benzene rings is 1. The van der Waals surface area contributed by atoms with E-state index in [0.717, 1.165) is 22.1 Å². The van der Waals surface area contributed by atoms with Crippen molar-refractivity contribution in [1.82, 2.24) is 5.06 Å². The van der Waals surface area contributed by atoms with Crippen LogP contribution < -0.4 is 4.90 Å². The Hall–Kier alpha value is -2.85. The second kappa shape index (κ2) is 7.77. The summed E-state index contributed by atoms with van der Waals surface area (Å²) in [6.45, 7) is 4.08. The van der Waals surface area contributed by atoms with E-state index in [2.05, 4.69) is 4.99 Å². The number of carbonyl (C=O) groups excluding carboxylic acids is 1. The van der Waals surface area contributed by atoms with E-state index in [1.54, 1.807) is 13.2 Å². The number of halogens is 3. The Morgan fingerprint density at radius 1 is 1.20 bits per heavy atom. The number of aliphatic hydroxyl groups excluding tert-OH is 1. The Labute approximate surface area is 171 Å². The quantitative estimate of drug-likeness (QED) is 0.690. The Balaban J connectivity index is 1.89. The van der Waals surface area contributed by atoms with Gasteiger partial charge in [-0.2, -0.15) is 18.2 Å². The number of amidine groups is 1. The normalized spacial score (nSPS) is 20.6. The van der Waals surface area contributed by atoms with Gasteiger partial charge in [-0.25, -0.2) is 5.06 Å². The van der Waals surface area contributed by atoms with Crippen LogP contribution in [-0.4, -0.2) is 40.8 Å². The van der Waals surface area contributed by atoms with E-state index >= 15 is 0 Å². The number of hydrogen-bond donors (Lipinski definition) is 2. The molecule has 2 aliphatic heterocycles. The van der Waals surface area contributed by atoms with E-state index in [9.17, 15) is 28.3 Å². The van der Waals surface area contributed by atoms with Crippen LogP contribution in [0.1, 0.15) is 32.3 Å². The lowest BCUT2D eigenvalue weighted by molar-refractivity contribution is -0.137. The highest BCUT2D eigenvalue weighted by Crippen LogP contribution is 2.37. The summed E-state index contributed by atoms with van der Waals surface area (Å²) >= 11 is 0. The van der Waals surface area contributed by atoms with Crippen molar-refractivity contribution < 1.29 is 33.0 Å². The topological polar surface area (TPSA) is 85.6 Å². The van der Waals surface area contributed by atoms with E-state index < -0.39 is 23.0 Å². The van der Waals surface area contributed by atoms with Crippen molar-refractivity contribution in [1.29, 1.82) is 0 Å². The molecule has 7 nitrogen and oxygen atoms in total. The minimum atomic E-state index is -4.49. The van der Waals surface area contributed by atoms with Gasteiger partial charge in [-0.05, 0) is 24.3 Å². The van der Waals surface area contributed by atoms with Gasteiger partial charge >= 0.3 is 6.18 Å². The Kier molecular flexibility index (Phi) is 5.66. The fourth-order valence-electron chi connectivity index (χ4n) is 3.38. The number of allylic oxidation sites excluding steroid dienone is 1.